The zero-order valence-corrected chi connectivity index (χ0v) is 20.0. The van der Waals surface area contributed by atoms with Gasteiger partial charge in [0, 0.05) is 5.69 Å². The number of amides is 1. The van der Waals surface area contributed by atoms with Crippen molar-refractivity contribution in [3.8, 4) is 11.5 Å². The van der Waals surface area contributed by atoms with E-state index in [1.54, 1.807) is 4.90 Å². The first-order valence-corrected chi connectivity index (χ1v) is 11.3. The van der Waals surface area contributed by atoms with Gasteiger partial charge >= 0.3 is 0 Å². The van der Waals surface area contributed by atoms with Crippen LogP contribution in [0.5, 0.6) is 11.5 Å². The zero-order chi connectivity index (χ0) is 23.1. The summed E-state index contributed by atoms with van der Waals surface area (Å²) in [4.78, 5) is 13.9. The first-order chi connectivity index (χ1) is 15.0. The zero-order valence-electron chi connectivity index (χ0n) is 19.2. The van der Waals surface area contributed by atoms with Gasteiger partial charge < -0.3 is 9.64 Å². The number of carbonyl (C=O) groups is 1. The summed E-state index contributed by atoms with van der Waals surface area (Å²) in [5.41, 5.74) is 1.83. The third-order valence-electron chi connectivity index (χ3n) is 3.73. The Labute approximate surface area is 192 Å². The molecule has 0 atom stereocenters. The fourth-order valence-electron chi connectivity index (χ4n) is 2.48. The van der Waals surface area contributed by atoms with Gasteiger partial charge in [0.15, 0.2) is 0 Å². The van der Waals surface area contributed by atoms with Crippen molar-refractivity contribution in [1.82, 2.24) is 0 Å². The standard InChI is InChI=1S/C21H18ClNO2.C4H10.C2H6/c22-15-21(24)23(16-17-7-3-1-4-8-17)18-11-13-20(14-12-18)25-19-9-5-2-6-10-19;1-4(2)3;1-2/h1-14H,15-16H2;4H,1-3H3;1-2H3. The van der Waals surface area contributed by atoms with Gasteiger partial charge in [-0.25, -0.2) is 0 Å². The fourth-order valence-corrected chi connectivity index (χ4v) is 2.62. The van der Waals surface area contributed by atoms with Gasteiger partial charge in [-0.3, -0.25) is 4.79 Å². The second kappa shape index (κ2) is 15.1. The molecule has 0 N–H and O–H groups in total. The number of rotatable bonds is 6. The van der Waals surface area contributed by atoms with E-state index >= 15 is 0 Å². The Kier molecular flexibility index (Phi) is 12.8. The first-order valence-electron chi connectivity index (χ1n) is 10.7. The smallest absolute Gasteiger partial charge is 0.242 e. The maximum atomic E-state index is 12.3. The summed E-state index contributed by atoms with van der Waals surface area (Å²) in [5.74, 6) is 2.12. The van der Waals surface area contributed by atoms with Crippen LogP contribution in [-0.4, -0.2) is 11.8 Å². The molecular weight excluding hydrogens is 406 g/mol. The molecule has 31 heavy (non-hydrogen) atoms. The highest BCUT2D eigenvalue weighted by Crippen LogP contribution is 2.25. The molecule has 0 aliphatic heterocycles. The average Bonchev–Trinajstić information content (AvgIpc) is 2.80. The van der Waals surface area contributed by atoms with E-state index in [0.717, 1.165) is 22.9 Å². The van der Waals surface area contributed by atoms with Gasteiger partial charge in [0.1, 0.15) is 17.4 Å². The fraction of sp³-hybridized carbons (Fsp3) is 0.296. The summed E-state index contributed by atoms with van der Waals surface area (Å²) in [6.07, 6.45) is 0. The minimum atomic E-state index is -0.137. The molecule has 3 nitrogen and oxygen atoms in total. The molecule has 0 heterocycles. The molecule has 0 aliphatic rings. The van der Waals surface area contributed by atoms with E-state index in [2.05, 4.69) is 20.8 Å². The molecule has 0 fully saturated rings. The molecule has 1 amide bonds. The van der Waals surface area contributed by atoms with E-state index < -0.39 is 0 Å². The lowest BCUT2D eigenvalue weighted by atomic mass is 10.2. The van der Waals surface area contributed by atoms with Crippen LogP contribution in [-0.2, 0) is 11.3 Å². The topological polar surface area (TPSA) is 29.5 Å². The van der Waals surface area contributed by atoms with Crippen LogP contribution in [0.25, 0.3) is 0 Å². The van der Waals surface area contributed by atoms with Crippen LogP contribution in [0.3, 0.4) is 0 Å². The summed E-state index contributed by atoms with van der Waals surface area (Å²) in [6, 6.07) is 26.8. The lowest BCUT2D eigenvalue weighted by Crippen LogP contribution is -2.31. The number of para-hydroxylation sites is 1. The van der Waals surface area contributed by atoms with Crippen LogP contribution in [0.2, 0.25) is 0 Å². The van der Waals surface area contributed by atoms with Crippen molar-refractivity contribution >= 4 is 23.2 Å². The van der Waals surface area contributed by atoms with Gasteiger partial charge in [0.05, 0.1) is 6.54 Å². The van der Waals surface area contributed by atoms with Gasteiger partial charge in [-0.05, 0) is 47.9 Å². The number of alkyl halides is 1. The summed E-state index contributed by atoms with van der Waals surface area (Å²) in [6.45, 7) is 11.0. The third kappa shape index (κ3) is 10.2. The van der Waals surface area contributed by atoms with E-state index in [-0.39, 0.29) is 11.8 Å². The van der Waals surface area contributed by atoms with Crippen LogP contribution in [0.15, 0.2) is 84.9 Å². The lowest BCUT2D eigenvalue weighted by Gasteiger charge is -2.22. The van der Waals surface area contributed by atoms with Crippen molar-refractivity contribution in [2.45, 2.75) is 41.2 Å². The molecule has 166 valence electrons. The highest BCUT2D eigenvalue weighted by atomic mass is 35.5. The highest BCUT2D eigenvalue weighted by Gasteiger charge is 2.15. The number of carbonyl (C=O) groups excluding carboxylic acids is 1. The van der Waals surface area contributed by atoms with Crippen molar-refractivity contribution in [3.63, 3.8) is 0 Å². The summed E-state index contributed by atoms with van der Waals surface area (Å²) >= 11 is 5.79. The van der Waals surface area contributed by atoms with Crippen LogP contribution >= 0.6 is 11.6 Å². The van der Waals surface area contributed by atoms with Crippen LogP contribution < -0.4 is 9.64 Å². The Morgan fingerprint density at radius 3 is 1.74 bits per heavy atom. The summed E-state index contributed by atoms with van der Waals surface area (Å²) in [5, 5.41) is 0. The number of ether oxygens (including phenoxy) is 1. The van der Waals surface area contributed by atoms with Crippen molar-refractivity contribution in [3.05, 3.63) is 90.5 Å². The molecular formula is C27H34ClNO2. The Morgan fingerprint density at radius 2 is 1.26 bits per heavy atom. The molecule has 0 spiro atoms. The summed E-state index contributed by atoms with van der Waals surface area (Å²) in [7, 11) is 0. The maximum Gasteiger partial charge on any atom is 0.242 e. The molecule has 0 radical (unpaired) electrons. The highest BCUT2D eigenvalue weighted by molar-refractivity contribution is 6.29. The molecule has 0 unspecified atom stereocenters. The van der Waals surface area contributed by atoms with E-state index in [1.165, 1.54) is 0 Å². The van der Waals surface area contributed by atoms with Crippen molar-refractivity contribution in [1.29, 1.82) is 0 Å². The second-order valence-electron chi connectivity index (χ2n) is 7.24. The first kappa shape index (κ1) is 26.3. The molecule has 3 aromatic rings. The number of hydrogen-bond donors (Lipinski definition) is 0. The minimum Gasteiger partial charge on any atom is -0.457 e. The van der Waals surface area contributed by atoms with Crippen LogP contribution in [0.1, 0.15) is 40.2 Å². The number of anilines is 1. The van der Waals surface area contributed by atoms with Gasteiger partial charge in [0.2, 0.25) is 5.91 Å². The van der Waals surface area contributed by atoms with Crippen molar-refractivity contribution in [2.24, 2.45) is 5.92 Å². The predicted octanol–water partition coefficient (Wildman–Crippen LogP) is 7.94. The normalized spacial score (nSPS) is 9.65. The van der Waals surface area contributed by atoms with Crippen LogP contribution in [0, 0.1) is 5.92 Å². The SMILES string of the molecule is CC.CC(C)C.O=C(CCl)N(Cc1ccccc1)c1ccc(Oc2ccccc2)cc1. The predicted molar refractivity (Wildman–Crippen MR) is 133 cm³/mol. The van der Waals surface area contributed by atoms with Gasteiger partial charge in [0.25, 0.3) is 0 Å². The van der Waals surface area contributed by atoms with E-state index in [0.29, 0.717) is 12.3 Å². The average molecular weight is 440 g/mol. The number of halogens is 1. The lowest BCUT2D eigenvalue weighted by molar-refractivity contribution is -0.116. The van der Waals surface area contributed by atoms with Crippen molar-refractivity contribution < 1.29 is 9.53 Å². The molecule has 0 aromatic heterocycles. The number of hydrogen-bond acceptors (Lipinski definition) is 2. The largest absolute Gasteiger partial charge is 0.457 e. The molecule has 0 saturated heterocycles. The van der Waals surface area contributed by atoms with E-state index in [1.807, 2.05) is 98.8 Å². The minimum absolute atomic E-state index is 0.0604. The van der Waals surface area contributed by atoms with Crippen molar-refractivity contribution in [2.75, 3.05) is 10.8 Å². The number of benzene rings is 3. The molecule has 0 bridgehead atoms. The van der Waals surface area contributed by atoms with Gasteiger partial charge in [-0.15, -0.1) is 11.6 Å². The Bertz CT molecular complexity index is 847. The summed E-state index contributed by atoms with van der Waals surface area (Å²) < 4.78 is 5.79. The molecule has 0 aliphatic carbocycles. The maximum absolute atomic E-state index is 12.3. The second-order valence-corrected chi connectivity index (χ2v) is 7.51. The Hall–Kier alpha value is -2.78. The van der Waals surface area contributed by atoms with Gasteiger partial charge in [-0.2, -0.15) is 0 Å². The third-order valence-corrected chi connectivity index (χ3v) is 3.95. The molecule has 4 heteroatoms. The molecule has 3 aromatic carbocycles. The Balaban J connectivity index is 0.000000720. The van der Waals surface area contributed by atoms with E-state index in [9.17, 15) is 4.79 Å². The molecule has 3 rings (SSSR count). The quantitative estimate of drug-likeness (QED) is 0.365. The Morgan fingerprint density at radius 1 is 0.806 bits per heavy atom. The van der Waals surface area contributed by atoms with Gasteiger partial charge in [-0.1, -0.05) is 83.1 Å². The van der Waals surface area contributed by atoms with Crippen LogP contribution in [0.4, 0.5) is 5.69 Å². The molecule has 0 saturated carbocycles. The monoisotopic (exact) mass is 439 g/mol. The number of nitrogens with zero attached hydrogens (tertiary/aromatic N) is 1. The van der Waals surface area contributed by atoms with E-state index in [4.69, 9.17) is 16.3 Å².